The molecule has 1 aromatic carbocycles. The molecule has 3 heteroatoms. The van der Waals surface area contributed by atoms with E-state index in [2.05, 4.69) is 42.5 Å². The van der Waals surface area contributed by atoms with Crippen molar-refractivity contribution in [2.24, 2.45) is 23.7 Å². The molecule has 0 bridgehead atoms. The van der Waals surface area contributed by atoms with Crippen LogP contribution in [-0.4, -0.2) is 16.9 Å². The SMILES string of the molecule is O=C(O)CCCCCC[C@H]1C(=O)C[C@H]2C(C=CCCCc3ccccc3)[C@@H]12. The molecule has 0 spiro atoms. The van der Waals surface area contributed by atoms with Gasteiger partial charge in [0.15, 0.2) is 0 Å². The fourth-order valence-electron chi connectivity index (χ4n) is 4.81. The van der Waals surface area contributed by atoms with Crippen molar-refractivity contribution >= 4 is 11.8 Å². The van der Waals surface area contributed by atoms with Gasteiger partial charge >= 0.3 is 5.97 Å². The predicted molar refractivity (Wildman–Crippen MR) is 107 cm³/mol. The molecule has 4 atom stereocenters. The molecule has 2 saturated carbocycles. The van der Waals surface area contributed by atoms with Gasteiger partial charge in [-0.25, -0.2) is 0 Å². The molecule has 2 aliphatic rings. The Bertz CT molecular complexity index is 649. The molecule has 1 N–H and O–H groups in total. The minimum absolute atomic E-state index is 0.268. The van der Waals surface area contributed by atoms with Crippen molar-refractivity contribution in [3.8, 4) is 0 Å². The molecule has 0 saturated heterocycles. The molecule has 0 aliphatic heterocycles. The lowest BCUT2D eigenvalue weighted by Gasteiger charge is -2.12. The highest BCUT2D eigenvalue weighted by molar-refractivity contribution is 5.85. The highest BCUT2D eigenvalue weighted by Gasteiger charge is 2.59. The monoisotopic (exact) mass is 368 g/mol. The third-order valence-electron chi connectivity index (χ3n) is 6.30. The topological polar surface area (TPSA) is 54.4 Å². The number of rotatable bonds is 12. The Hall–Kier alpha value is -1.90. The van der Waals surface area contributed by atoms with Crippen LogP contribution in [0.15, 0.2) is 42.5 Å². The van der Waals surface area contributed by atoms with Crippen molar-refractivity contribution in [1.29, 1.82) is 0 Å². The summed E-state index contributed by atoms with van der Waals surface area (Å²) in [7, 11) is 0. The molecular formula is C24H32O3. The van der Waals surface area contributed by atoms with E-state index in [0.717, 1.165) is 51.4 Å². The highest BCUT2D eigenvalue weighted by atomic mass is 16.4. The lowest BCUT2D eigenvalue weighted by molar-refractivity contribution is -0.137. The number of carboxylic acid groups (broad SMARTS) is 1. The van der Waals surface area contributed by atoms with E-state index in [0.29, 0.717) is 23.5 Å². The van der Waals surface area contributed by atoms with E-state index < -0.39 is 5.97 Å². The zero-order valence-electron chi connectivity index (χ0n) is 16.2. The van der Waals surface area contributed by atoms with Gasteiger partial charge in [-0.05, 0) is 55.4 Å². The maximum absolute atomic E-state index is 12.2. The number of unbranched alkanes of at least 4 members (excludes halogenated alkanes) is 4. The van der Waals surface area contributed by atoms with Gasteiger partial charge in [-0.2, -0.15) is 0 Å². The van der Waals surface area contributed by atoms with Crippen molar-refractivity contribution < 1.29 is 14.7 Å². The molecule has 1 aromatic rings. The van der Waals surface area contributed by atoms with E-state index in [1.54, 1.807) is 0 Å². The van der Waals surface area contributed by atoms with Gasteiger partial charge in [0.1, 0.15) is 5.78 Å². The smallest absolute Gasteiger partial charge is 0.303 e. The third-order valence-corrected chi connectivity index (χ3v) is 6.30. The Labute approximate surface area is 162 Å². The fourth-order valence-corrected chi connectivity index (χ4v) is 4.81. The van der Waals surface area contributed by atoms with Crippen LogP contribution in [0, 0.1) is 23.7 Å². The summed E-state index contributed by atoms with van der Waals surface area (Å²) in [4.78, 5) is 22.7. The Kier molecular flexibility index (Phi) is 7.25. The first kappa shape index (κ1) is 19.9. The van der Waals surface area contributed by atoms with Crippen LogP contribution in [0.1, 0.15) is 63.4 Å². The predicted octanol–water partition coefficient (Wildman–Crippen LogP) is 5.44. The lowest BCUT2D eigenvalue weighted by atomic mass is 9.92. The second kappa shape index (κ2) is 9.87. The average Bonchev–Trinajstić information content (AvgIpc) is 3.21. The summed E-state index contributed by atoms with van der Waals surface area (Å²) in [5.74, 6) is 1.89. The standard InChI is InChI=1S/C24H32O3/c25-22-17-21-19(14-9-4-7-13-18-11-5-3-6-12-18)24(21)20(22)15-8-1-2-10-16-23(26)27/h3,5-6,9,11-12,14,19-21,24H,1-2,4,7-8,10,13,15-17H2,(H,26,27)/t19?,20-,21-,24-/m0/s1. The first-order valence-corrected chi connectivity index (χ1v) is 10.6. The zero-order valence-corrected chi connectivity index (χ0v) is 16.2. The Morgan fingerprint density at radius 2 is 1.85 bits per heavy atom. The van der Waals surface area contributed by atoms with Crippen molar-refractivity contribution in [2.45, 2.75) is 64.2 Å². The number of benzene rings is 1. The van der Waals surface area contributed by atoms with Crippen LogP contribution in [0.5, 0.6) is 0 Å². The molecule has 2 aliphatic carbocycles. The molecule has 0 amide bonds. The molecule has 0 radical (unpaired) electrons. The van der Waals surface area contributed by atoms with Gasteiger partial charge in [0, 0.05) is 18.8 Å². The van der Waals surface area contributed by atoms with E-state index in [9.17, 15) is 9.59 Å². The maximum atomic E-state index is 12.2. The number of aryl methyl sites for hydroxylation is 1. The van der Waals surface area contributed by atoms with Crippen molar-refractivity contribution in [3.05, 3.63) is 48.0 Å². The first-order chi connectivity index (χ1) is 13.2. The molecule has 3 nitrogen and oxygen atoms in total. The van der Waals surface area contributed by atoms with E-state index in [4.69, 9.17) is 5.11 Å². The molecule has 1 unspecified atom stereocenters. The summed E-state index contributed by atoms with van der Waals surface area (Å²) in [5, 5.41) is 8.66. The van der Waals surface area contributed by atoms with Gasteiger partial charge < -0.3 is 5.11 Å². The number of hydrogen-bond acceptors (Lipinski definition) is 2. The largest absolute Gasteiger partial charge is 0.481 e. The van der Waals surface area contributed by atoms with Crippen LogP contribution in [-0.2, 0) is 16.0 Å². The minimum atomic E-state index is -0.708. The molecule has 27 heavy (non-hydrogen) atoms. The van der Waals surface area contributed by atoms with Crippen LogP contribution in [0.25, 0.3) is 0 Å². The van der Waals surface area contributed by atoms with Gasteiger partial charge in [-0.1, -0.05) is 61.7 Å². The van der Waals surface area contributed by atoms with E-state index in [-0.39, 0.29) is 12.3 Å². The minimum Gasteiger partial charge on any atom is -0.481 e. The van der Waals surface area contributed by atoms with Crippen molar-refractivity contribution in [3.63, 3.8) is 0 Å². The van der Waals surface area contributed by atoms with E-state index in [1.807, 2.05) is 0 Å². The second-order valence-electron chi connectivity index (χ2n) is 8.25. The van der Waals surface area contributed by atoms with Crippen molar-refractivity contribution in [2.75, 3.05) is 0 Å². The summed E-state index contributed by atoms with van der Waals surface area (Å²) in [5.41, 5.74) is 1.41. The number of carbonyl (C=O) groups is 2. The Morgan fingerprint density at radius 1 is 1.07 bits per heavy atom. The van der Waals surface area contributed by atoms with Crippen LogP contribution >= 0.6 is 0 Å². The van der Waals surface area contributed by atoms with Gasteiger partial charge in [0.25, 0.3) is 0 Å². The number of allylic oxidation sites excluding steroid dienone is 2. The van der Waals surface area contributed by atoms with E-state index in [1.165, 1.54) is 12.0 Å². The number of fused-ring (bicyclic) bond motifs is 1. The summed E-state index contributed by atoms with van der Waals surface area (Å²) in [6.07, 6.45) is 14.0. The van der Waals surface area contributed by atoms with Gasteiger partial charge in [-0.3, -0.25) is 9.59 Å². The summed E-state index contributed by atoms with van der Waals surface area (Å²) >= 11 is 0. The number of carbonyl (C=O) groups excluding carboxylic acids is 1. The molecular weight excluding hydrogens is 336 g/mol. The van der Waals surface area contributed by atoms with Gasteiger partial charge in [0.2, 0.25) is 0 Å². The molecule has 3 rings (SSSR count). The summed E-state index contributed by atoms with van der Waals surface area (Å²) < 4.78 is 0. The lowest BCUT2D eigenvalue weighted by Crippen LogP contribution is -2.13. The third kappa shape index (κ3) is 5.79. The Morgan fingerprint density at radius 3 is 2.63 bits per heavy atom. The van der Waals surface area contributed by atoms with Crippen LogP contribution < -0.4 is 0 Å². The first-order valence-electron chi connectivity index (χ1n) is 10.6. The number of carboxylic acids is 1. The second-order valence-corrected chi connectivity index (χ2v) is 8.25. The highest BCUT2D eigenvalue weighted by Crippen LogP contribution is 2.60. The number of ketones is 1. The van der Waals surface area contributed by atoms with Crippen LogP contribution in [0.3, 0.4) is 0 Å². The molecule has 146 valence electrons. The molecule has 0 heterocycles. The van der Waals surface area contributed by atoms with Crippen molar-refractivity contribution in [1.82, 2.24) is 0 Å². The maximum Gasteiger partial charge on any atom is 0.303 e. The number of hydrogen-bond donors (Lipinski definition) is 1. The summed E-state index contributed by atoms with van der Waals surface area (Å²) in [6.45, 7) is 0. The average molecular weight is 369 g/mol. The van der Waals surface area contributed by atoms with Gasteiger partial charge in [-0.15, -0.1) is 0 Å². The fraction of sp³-hybridized carbons (Fsp3) is 0.583. The number of aliphatic carboxylic acids is 1. The van der Waals surface area contributed by atoms with Crippen LogP contribution in [0.4, 0.5) is 0 Å². The molecule has 0 aromatic heterocycles. The van der Waals surface area contributed by atoms with E-state index >= 15 is 0 Å². The summed E-state index contributed by atoms with van der Waals surface area (Å²) in [6, 6.07) is 10.6. The zero-order chi connectivity index (χ0) is 19.1. The molecule has 2 fully saturated rings. The number of Topliss-reactive ketones (excluding diaryl/α,β-unsaturated/α-hetero) is 1. The van der Waals surface area contributed by atoms with Gasteiger partial charge in [0.05, 0.1) is 0 Å². The Balaban J connectivity index is 1.31. The normalized spacial score (nSPS) is 26.4. The van der Waals surface area contributed by atoms with Crippen LogP contribution in [0.2, 0.25) is 0 Å². The quantitative estimate of drug-likeness (QED) is 0.395.